The summed E-state index contributed by atoms with van der Waals surface area (Å²) in [5.74, 6) is -0.375. The minimum Gasteiger partial charge on any atom is -0.461 e. The maximum absolute atomic E-state index is 10.5. The quantitative estimate of drug-likeness (QED) is 0.532. The Morgan fingerprint density at radius 2 is 1.64 bits per heavy atom. The number of ether oxygens (including phenoxy) is 1. The van der Waals surface area contributed by atoms with Crippen LogP contribution in [0.3, 0.4) is 0 Å². The third-order valence-corrected chi connectivity index (χ3v) is 0.699. The second kappa shape index (κ2) is 23.1. The smallest absolute Gasteiger partial charge is 0.333 e. The molecule has 5 nitrogen and oxygen atoms in total. The van der Waals surface area contributed by atoms with Gasteiger partial charge in [0.2, 0.25) is 0 Å². The van der Waals surface area contributed by atoms with Crippen LogP contribution in [-0.4, -0.2) is 19.1 Å². The van der Waals surface area contributed by atoms with E-state index in [-0.39, 0.29) is 62.1 Å². The van der Waals surface area contributed by atoms with Crippen molar-refractivity contribution in [1.82, 2.24) is 12.3 Å². The summed E-state index contributed by atoms with van der Waals surface area (Å²) in [4.78, 5) is 10.5. The first-order valence-electron chi connectivity index (χ1n) is 2.71. The van der Waals surface area contributed by atoms with Crippen molar-refractivity contribution in [1.29, 1.82) is 0 Å². The van der Waals surface area contributed by atoms with Gasteiger partial charge in [-0.05, 0) is 6.92 Å². The van der Waals surface area contributed by atoms with Gasteiger partial charge in [0.15, 0.2) is 0 Å². The highest BCUT2D eigenvalue weighted by Crippen LogP contribution is 1.89. The number of esters is 1. The highest BCUT2D eigenvalue weighted by atomic mass is 35.5. The molecule has 0 saturated heterocycles. The fourth-order valence-electron chi connectivity index (χ4n) is 0.275. The van der Waals surface area contributed by atoms with Crippen molar-refractivity contribution < 1.29 is 9.53 Å². The van der Waals surface area contributed by atoms with Gasteiger partial charge in [0.05, 0.1) is 0 Å². The molecule has 0 aromatic carbocycles. The topological polar surface area (TPSA) is 122 Å². The van der Waals surface area contributed by atoms with E-state index < -0.39 is 0 Å². The first kappa shape index (κ1) is 37.0. The molecule has 0 radical (unpaired) electrons. The van der Waals surface area contributed by atoms with Crippen LogP contribution in [0.25, 0.3) is 0 Å². The molecule has 0 aliphatic rings. The van der Waals surface area contributed by atoms with Crippen LogP contribution in [0, 0.1) is 0 Å². The van der Waals surface area contributed by atoms with Crippen molar-refractivity contribution >= 4 is 43.2 Å². The second-order valence-electron chi connectivity index (χ2n) is 1.70. The molecular formula is C6H20Cl3N3O2. The molecule has 0 amide bonds. The summed E-state index contributed by atoms with van der Waals surface area (Å²) in [6.45, 7) is 5.62. The maximum atomic E-state index is 10.5. The summed E-state index contributed by atoms with van der Waals surface area (Å²) in [5.41, 5.74) is 5.48. The Morgan fingerprint density at radius 1 is 1.29 bits per heavy atom. The lowest BCUT2D eigenvalue weighted by Crippen LogP contribution is -2.13. The molecule has 92 valence electrons. The van der Waals surface area contributed by atoms with Crippen LogP contribution in [0.1, 0.15) is 6.92 Å². The number of hydrogen-bond acceptors (Lipinski definition) is 5. The fraction of sp³-hybridized carbons (Fsp3) is 0.500. The van der Waals surface area contributed by atoms with Gasteiger partial charge >= 0.3 is 5.97 Å². The zero-order valence-electron chi connectivity index (χ0n) is 8.15. The Morgan fingerprint density at radius 3 is 1.86 bits per heavy atom. The van der Waals surface area contributed by atoms with Crippen LogP contribution in [0.5, 0.6) is 0 Å². The van der Waals surface area contributed by atoms with Crippen molar-refractivity contribution in [3.63, 3.8) is 0 Å². The molecule has 8 N–H and O–H groups in total. The number of carbonyl (C=O) groups excluding carboxylic acids is 1. The van der Waals surface area contributed by atoms with E-state index in [1.807, 2.05) is 0 Å². The Kier molecular flexibility index (Phi) is 61.0. The molecule has 0 aliphatic carbocycles. The molecule has 0 heterocycles. The van der Waals surface area contributed by atoms with Crippen LogP contribution >= 0.6 is 37.2 Å². The third kappa shape index (κ3) is 22.7. The Balaban J connectivity index is -0.0000000320. The molecule has 0 fully saturated rings. The van der Waals surface area contributed by atoms with Gasteiger partial charge in [0.1, 0.15) is 6.61 Å². The van der Waals surface area contributed by atoms with Crippen LogP contribution in [-0.2, 0) is 9.53 Å². The number of halogens is 3. The minimum absolute atomic E-state index is 0. The molecule has 0 aliphatic heterocycles. The van der Waals surface area contributed by atoms with Gasteiger partial charge < -0.3 is 22.8 Å². The summed E-state index contributed by atoms with van der Waals surface area (Å²) in [5, 5.41) is 0. The van der Waals surface area contributed by atoms with Crippen molar-refractivity contribution in [3.05, 3.63) is 12.2 Å². The molecule has 0 rings (SSSR count). The minimum atomic E-state index is -0.375. The highest BCUT2D eigenvalue weighted by Gasteiger charge is 1.99. The van der Waals surface area contributed by atoms with E-state index in [0.29, 0.717) is 12.1 Å². The van der Waals surface area contributed by atoms with Crippen molar-refractivity contribution in [3.8, 4) is 0 Å². The van der Waals surface area contributed by atoms with Gasteiger partial charge in [0.25, 0.3) is 0 Å². The fourth-order valence-corrected chi connectivity index (χ4v) is 0.275. The van der Waals surface area contributed by atoms with E-state index in [9.17, 15) is 4.79 Å². The van der Waals surface area contributed by atoms with Gasteiger partial charge in [-0.15, -0.1) is 37.2 Å². The first-order valence-corrected chi connectivity index (χ1v) is 2.71. The van der Waals surface area contributed by atoms with Crippen molar-refractivity contribution in [2.24, 2.45) is 5.73 Å². The van der Waals surface area contributed by atoms with Gasteiger partial charge in [-0.3, -0.25) is 0 Å². The largest absolute Gasteiger partial charge is 0.461 e. The Bertz CT molecular complexity index is 135. The van der Waals surface area contributed by atoms with E-state index in [1.54, 1.807) is 6.92 Å². The van der Waals surface area contributed by atoms with Gasteiger partial charge in [-0.2, -0.15) is 0 Å². The van der Waals surface area contributed by atoms with E-state index in [0.717, 1.165) is 0 Å². The number of nitrogens with two attached hydrogens (primary N) is 1. The van der Waals surface area contributed by atoms with E-state index in [4.69, 9.17) is 5.73 Å². The van der Waals surface area contributed by atoms with Crippen molar-refractivity contribution in [2.75, 3.05) is 13.2 Å². The number of rotatable bonds is 3. The summed E-state index contributed by atoms with van der Waals surface area (Å²) < 4.78 is 4.59. The maximum Gasteiger partial charge on any atom is 0.333 e. The van der Waals surface area contributed by atoms with E-state index in [2.05, 4.69) is 11.3 Å². The molecular weight excluding hydrogens is 252 g/mol. The Labute approximate surface area is 103 Å². The lowest BCUT2D eigenvalue weighted by molar-refractivity contribution is -0.138. The lowest BCUT2D eigenvalue weighted by atomic mass is 10.4. The van der Waals surface area contributed by atoms with Gasteiger partial charge in [-0.25, -0.2) is 4.79 Å². The van der Waals surface area contributed by atoms with Gasteiger partial charge in [0, 0.05) is 12.1 Å². The van der Waals surface area contributed by atoms with Crippen LogP contribution in [0.2, 0.25) is 0 Å². The van der Waals surface area contributed by atoms with Crippen LogP contribution in [0.4, 0.5) is 0 Å². The molecule has 0 unspecified atom stereocenters. The molecule has 0 aromatic rings. The lowest BCUT2D eigenvalue weighted by Gasteiger charge is -1.99. The monoisotopic (exact) mass is 271 g/mol. The first-order chi connectivity index (χ1) is 4.18. The third-order valence-electron chi connectivity index (χ3n) is 0.699. The second-order valence-corrected chi connectivity index (χ2v) is 1.70. The van der Waals surface area contributed by atoms with Crippen LogP contribution < -0.4 is 18.0 Å². The normalized spacial score (nSPS) is 5.57. The summed E-state index contributed by atoms with van der Waals surface area (Å²) >= 11 is 0. The molecule has 0 atom stereocenters. The molecule has 8 heteroatoms. The average molecular weight is 273 g/mol. The SMILES string of the molecule is C=C(C)C(=O)OCCN.Cl.Cl.Cl.N.N. The number of carbonyl (C=O) groups is 1. The average Bonchev–Trinajstić information content (AvgIpc) is 1.82. The summed E-state index contributed by atoms with van der Waals surface area (Å²) in [6, 6.07) is 0. The van der Waals surface area contributed by atoms with Crippen LogP contribution in [0.15, 0.2) is 12.2 Å². The summed E-state index contributed by atoms with van der Waals surface area (Å²) in [6.07, 6.45) is 0. The molecule has 0 aromatic heterocycles. The predicted molar refractivity (Wildman–Crippen MR) is 66.6 cm³/mol. The zero-order chi connectivity index (χ0) is 7.28. The summed E-state index contributed by atoms with van der Waals surface area (Å²) in [7, 11) is 0. The molecule has 0 saturated carbocycles. The Hall–Kier alpha value is -0.0400. The van der Waals surface area contributed by atoms with E-state index in [1.165, 1.54) is 0 Å². The van der Waals surface area contributed by atoms with E-state index >= 15 is 0 Å². The highest BCUT2D eigenvalue weighted by molar-refractivity contribution is 5.87. The van der Waals surface area contributed by atoms with Gasteiger partial charge in [-0.1, -0.05) is 6.58 Å². The molecule has 0 bridgehead atoms. The predicted octanol–water partition coefficient (Wildman–Crippen LogP) is 1.65. The van der Waals surface area contributed by atoms with Crippen molar-refractivity contribution in [2.45, 2.75) is 6.92 Å². The zero-order valence-corrected chi connectivity index (χ0v) is 10.6. The standard InChI is InChI=1S/C6H11NO2.3ClH.2H3N/c1-5(2)6(8)9-4-3-7;;;;;/h1,3-4,7H2,2H3;3*1H;2*1H3. The number of hydrogen-bond donors (Lipinski definition) is 3. The molecule has 0 spiro atoms. The molecule has 14 heavy (non-hydrogen) atoms.